The number of hydrogen-bond donors (Lipinski definition) is 1. The third-order valence-corrected chi connectivity index (χ3v) is 2.68. The van der Waals surface area contributed by atoms with E-state index in [-0.39, 0.29) is 0 Å². The molecule has 4 nitrogen and oxygen atoms in total. The van der Waals surface area contributed by atoms with Gasteiger partial charge in [-0.25, -0.2) is 4.79 Å². The summed E-state index contributed by atoms with van der Waals surface area (Å²) in [5, 5.41) is 8.66. The molecule has 0 saturated heterocycles. The van der Waals surface area contributed by atoms with Crippen LogP contribution in [0, 0.1) is 0 Å². The van der Waals surface area contributed by atoms with Crippen molar-refractivity contribution in [2.45, 2.75) is 12.8 Å². The highest BCUT2D eigenvalue weighted by molar-refractivity contribution is 6.08. The predicted octanol–water partition coefficient (Wildman–Crippen LogP) is 1.11. The Balaban J connectivity index is 2.40. The van der Waals surface area contributed by atoms with Gasteiger partial charge in [0, 0.05) is 11.1 Å². The van der Waals surface area contributed by atoms with Gasteiger partial charge in [0.1, 0.15) is 18.6 Å². The van der Waals surface area contributed by atoms with E-state index in [9.17, 15) is 9.59 Å². The highest BCUT2D eigenvalue weighted by Crippen LogP contribution is 2.32. The van der Waals surface area contributed by atoms with E-state index in [4.69, 9.17) is 9.84 Å². The summed E-state index contributed by atoms with van der Waals surface area (Å²) in [5.74, 6) is -0.269. The number of carbonyl (C=O) groups is 2. The van der Waals surface area contributed by atoms with Crippen molar-refractivity contribution in [1.82, 2.24) is 0 Å². The zero-order valence-electron chi connectivity index (χ0n) is 9.18. The van der Waals surface area contributed by atoms with Crippen molar-refractivity contribution in [3.8, 4) is 5.75 Å². The van der Waals surface area contributed by atoms with Crippen LogP contribution in [0.3, 0.4) is 0 Å². The first-order chi connectivity index (χ1) is 8.26. The maximum absolute atomic E-state index is 11.1. The fourth-order valence-electron chi connectivity index (χ4n) is 1.94. The predicted molar refractivity (Wildman–Crippen MR) is 61.5 cm³/mol. The SMILES string of the molecule is O=CC1=CCCc2c(OC(=O)CO)cccc21. The van der Waals surface area contributed by atoms with E-state index in [2.05, 4.69) is 0 Å². The van der Waals surface area contributed by atoms with Gasteiger partial charge in [-0.05, 0) is 24.5 Å². The summed E-state index contributed by atoms with van der Waals surface area (Å²) in [4.78, 5) is 22.0. The molecule has 0 unspecified atom stereocenters. The van der Waals surface area contributed by atoms with Crippen LogP contribution in [0.15, 0.2) is 24.3 Å². The number of esters is 1. The number of fused-ring (bicyclic) bond motifs is 1. The Morgan fingerprint density at radius 1 is 1.47 bits per heavy atom. The van der Waals surface area contributed by atoms with Crippen molar-refractivity contribution in [2.75, 3.05) is 6.61 Å². The molecule has 1 aromatic carbocycles. The molecule has 0 aliphatic heterocycles. The van der Waals surface area contributed by atoms with Gasteiger partial charge >= 0.3 is 5.97 Å². The summed E-state index contributed by atoms with van der Waals surface area (Å²) in [6.07, 6.45) is 4.14. The zero-order valence-corrected chi connectivity index (χ0v) is 9.18. The summed E-state index contributed by atoms with van der Waals surface area (Å²) in [6, 6.07) is 5.21. The van der Waals surface area contributed by atoms with Crippen molar-refractivity contribution in [2.24, 2.45) is 0 Å². The summed E-state index contributed by atoms with van der Waals surface area (Å²) in [6.45, 7) is -0.653. The molecule has 0 aromatic heterocycles. The van der Waals surface area contributed by atoms with Crippen molar-refractivity contribution in [3.63, 3.8) is 0 Å². The molecular weight excluding hydrogens is 220 g/mol. The monoisotopic (exact) mass is 232 g/mol. The number of hydrogen-bond acceptors (Lipinski definition) is 4. The Labute approximate surface area is 98.5 Å². The summed E-state index contributed by atoms with van der Waals surface area (Å²) < 4.78 is 5.02. The van der Waals surface area contributed by atoms with Gasteiger partial charge in [-0.15, -0.1) is 0 Å². The molecule has 0 heterocycles. The molecule has 17 heavy (non-hydrogen) atoms. The molecule has 4 heteroatoms. The van der Waals surface area contributed by atoms with Crippen LogP contribution < -0.4 is 4.74 Å². The first kappa shape index (κ1) is 11.5. The van der Waals surface area contributed by atoms with E-state index in [1.165, 1.54) is 0 Å². The maximum atomic E-state index is 11.1. The van der Waals surface area contributed by atoms with Gasteiger partial charge in [0.25, 0.3) is 0 Å². The van der Waals surface area contributed by atoms with E-state index in [1.807, 2.05) is 12.1 Å². The topological polar surface area (TPSA) is 63.6 Å². The van der Waals surface area contributed by atoms with Crippen LogP contribution in [-0.2, 0) is 16.0 Å². The minimum absolute atomic E-state index is 0.425. The van der Waals surface area contributed by atoms with Crippen molar-refractivity contribution < 1.29 is 19.4 Å². The third kappa shape index (κ3) is 2.26. The standard InChI is InChI=1S/C13H12O4/c14-7-9-3-1-5-11-10(9)4-2-6-12(11)17-13(16)8-15/h2-4,6-7,15H,1,5,8H2. The maximum Gasteiger partial charge on any atom is 0.337 e. The molecular formula is C13H12O4. The molecule has 0 fully saturated rings. The molecule has 0 amide bonds. The number of carbonyl (C=O) groups excluding carboxylic acids is 2. The number of aliphatic hydroxyl groups is 1. The van der Waals surface area contributed by atoms with Gasteiger partial charge in [-0.1, -0.05) is 18.2 Å². The second-order valence-electron chi connectivity index (χ2n) is 3.73. The van der Waals surface area contributed by atoms with Crippen LogP contribution in [0.5, 0.6) is 5.75 Å². The Morgan fingerprint density at radius 2 is 2.29 bits per heavy atom. The minimum Gasteiger partial charge on any atom is -0.425 e. The summed E-state index contributed by atoms with van der Waals surface area (Å²) >= 11 is 0. The van der Waals surface area contributed by atoms with Crippen LogP contribution in [-0.4, -0.2) is 24.0 Å². The molecule has 88 valence electrons. The normalized spacial score (nSPS) is 13.6. The van der Waals surface area contributed by atoms with Gasteiger partial charge in [-0.2, -0.15) is 0 Å². The lowest BCUT2D eigenvalue weighted by Gasteiger charge is -2.17. The fraction of sp³-hybridized carbons (Fsp3) is 0.231. The lowest BCUT2D eigenvalue weighted by atomic mass is 9.91. The molecule has 0 spiro atoms. The number of ether oxygens (including phenoxy) is 1. The van der Waals surface area contributed by atoms with Crippen LogP contribution >= 0.6 is 0 Å². The quantitative estimate of drug-likeness (QED) is 0.481. The first-order valence-corrected chi connectivity index (χ1v) is 5.35. The van der Waals surface area contributed by atoms with Gasteiger partial charge in [0.15, 0.2) is 0 Å². The van der Waals surface area contributed by atoms with Gasteiger partial charge in [-0.3, -0.25) is 4.79 Å². The zero-order chi connectivity index (χ0) is 12.3. The highest BCUT2D eigenvalue weighted by Gasteiger charge is 2.17. The number of aliphatic hydroxyl groups excluding tert-OH is 1. The number of aldehydes is 1. The van der Waals surface area contributed by atoms with Crippen molar-refractivity contribution in [1.29, 1.82) is 0 Å². The lowest BCUT2D eigenvalue weighted by Crippen LogP contribution is -2.14. The number of benzene rings is 1. The number of rotatable bonds is 3. The van der Waals surface area contributed by atoms with E-state index < -0.39 is 12.6 Å². The molecule has 0 radical (unpaired) electrons. The van der Waals surface area contributed by atoms with E-state index in [0.717, 1.165) is 30.3 Å². The Kier molecular flexibility index (Phi) is 3.35. The smallest absolute Gasteiger partial charge is 0.337 e. The van der Waals surface area contributed by atoms with Crippen LogP contribution in [0.2, 0.25) is 0 Å². The summed E-state index contributed by atoms with van der Waals surface area (Å²) in [7, 11) is 0. The fourth-order valence-corrected chi connectivity index (χ4v) is 1.94. The highest BCUT2D eigenvalue weighted by atomic mass is 16.5. The van der Waals surface area contributed by atoms with Crippen LogP contribution in [0.4, 0.5) is 0 Å². The van der Waals surface area contributed by atoms with Gasteiger partial charge in [0.2, 0.25) is 0 Å². The van der Waals surface area contributed by atoms with Crippen LogP contribution in [0.1, 0.15) is 17.5 Å². The lowest BCUT2D eigenvalue weighted by molar-refractivity contribution is -0.137. The average molecular weight is 232 g/mol. The van der Waals surface area contributed by atoms with E-state index >= 15 is 0 Å². The second-order valence-corrected chi connectivity index (χ2v) is 3.73. The Morgan fingerprint density at radius 3 is 3.00 bits per heavy atom. The molecule has 2 rings (SSSR count). The summed E-state index contributed by atoms with van der Waals surface area (Å²) in [5.41, 5.74) is 2.27. The number of allylic oxidation sites excluding steroid dienone is 2. The van der Waals surface area contributed by atoms with Gasteiger partial charge in [0.05, 0.1) is 0 Å². The third-order valence-electron chi connectivity index (χ3n) is 2.68. The Bertz CT molecular complexity index is 488. The molecule has 0 saturated carbocycles. The average Bonchev–Trinajstić information content (AvgIpc) is 2.38. The van der Waals surface area contributed by atoms with Gasteiger partial charge < -0.3 is 9.84 Å². The molecule has 1 aromatic rings. The van der Waals surface area contributed by atoms with Crippen molar-refractivity contribution >= 4 is 17.8 Å². The first-order valence-electron chi connectivity index (χ1n) is 5.35. The molecule has 1 aliphatic rings. The van der Waals surface area contributed by atoms with E-state index in [1.54, 1.807) is 12.1 Å². The minimum atomic E-state index is -0.694. The molecule has 1 aliphatic carbocycles. The largest absolute Gasteiger partial charge is 0.425 e. The molecule has 0 atom stereocenters. The Hall–Kier alpha value is -1.94. The molecule has 0 bridgehead atoms. The van der Waals surface area contributed by atoms with E-state index in [0.29, 0.717) is 11.3 Å². The second kappa shape index (κ2) is 4.93. The van der Waals surface area contributed by atoms with Crippen LogP contribution in [0.25, 0.3) is 5.57 Å². The molecule has 1 N–H and O–H groups in total. The van der Waals surface area contributed by atoms with Crippen molar-refractivity contribution in [3.05, 3.63) is 35.4 Å².